The van der Waals surface area contributed by atoms with Crippen LogP contribution in [0.25, 0.3) is 11.8 Å². The van der Waals surface area contributed by atoms with Crippen LogP contribution in [0.4, 0.5) is 4.39 Å². The Kier molecular flexibility index (Phi) is 6.35. The molecule has 1 heterocycles. The minimum Gasteiger partial charge on any atom is -0.380 e. The zero-order chi connectivity index (χ0) is 21.8. The van der Waals surface area contributed by atoms with Crippen LogP contribution >= 0.6 is 0 Å². The molecule has 0 N–H and O–H groups in total. The van der Waals surface area contributed by atoms with Crippen LogP contribution in [0.2, 0.25) is 0 Å². The van der Waals surface area contributed by atoms with Crippen molar-refractivity contribution in [2.45, 2.75) is 32.8 Å². The van der Waals surface area contributed by atoms with Crippen molar-refractivity contribution in [2.24, 2.45) is 5.41 Å². The van der Waals surface area contributed by atoms with E-state index in [2.05, 4.69) is 42.4 Å². The minimum absolute atomic E-state index is 0.00477. The fourth-order valence-electron chi connectivity index (χ4n) is 4.47. The van der Waals surface area contributed by atoms with Crippen molar-refractivity contribution in [3.63, 3.8) is 0 Å². The summed E-state index contributed by atoms with van der Waals surface area (Å²) in [6, 6.07) is 16.8. The lowest BCUT2D eigenvalue weighted by atomic mass is 9.69. The fourth-order valence-corrected chi connectivity index (χ4v) is 4.47. The highest BCUT2D eigenvalue weighted by atomic mass is 19.1. The molecule has 0 saturated heterocycles. The number of nitrogens with zero attached hydrogens (tertiary/aromatic N) is 2. The van der Waals surface area contributed by atoms with Crippen molar-refractivity contribution in [1.29, 1.82) is 0 Å². The van der Waals surface area contributed by atoms with Crippen LogP contribution in [0.5, 0.6) is 0 Å². The molecule has 0 bridgehead atoms. The van der Waals surface area contributed by atoms with Gasteiger partial charge in [0.2, 0.25) is 0 Å². The normalized spacial score (nSPS) is 19.0. The Balaban J connectivity index is 1.69. The van der Waals surface area contributed by atoms with Gasteiger partial charge in [0.1, 0.15) is 5.82 Å². The molecule has 5 heteroatoms. The lowest BCUT2D eigenvalue weighted by Crippen LogP contribution is -2.31. The number of fused-ring (bicyclic) bond motifs is 1. The molecule has 162 valence electrons. The molecular formula is C26H29FN2O2. The van der Waals surface area contributed by atoms with Gasteiger partial charge in [-0.25, -0.2) is 9.07 Å². The number of benzene rings is 2. The van der Waals surface area contributed by atoms with Crippen LogP contribution in [-0.2, 0) is 15.9 Å². The van der Waals surface area contributed by atoms with Crippen molar-refractivity contribution in [3.05, 3.63) is 89.0 Å². The van der Waals surface area contributed by atoms with E-state index < -0.39 is 0 Å². The Morgan fingerprint density at radius 2 is 1.87 bits per heavy atom. The van der Waals surface area contributed by atoms with E-state index >= 15 is 0 Å². The van der Waals surface area contributed by atoms with Gasteiger partial charge < -0.3 is 9.47 Å². The highest BCUT2D eigenvalue weighted by Crippen LogP contribution is 2.45. The van der Waals surface area contributed by atoms with E-state index in [4.69, 9.17) is 9.47 Å². The van der Waals surface area contributed by atoms with Gasteiger partial charge in [0.05, 0.1) is 30.3 Å². The Labute approximate surface area is 183 Å². The summed E-state index contributed by atoms with van der Waals surface area (Å²) in [5.41, 5.74) is 5.33. The number of hydrogen-bond acceptors (Lipinski definition) is 3. The first-order valence-electron chi connectivity index (χ1n) is 10.7. The van der Waals surface area contributed by atoms with E-state index in [1.54, 1.807) is 19.2 Å². The summed E-state index contributed by atoms with van der Waals surface area (Å²) in [6.45, 7) is 5.52. The first kappa shape index (κ1) is 21.5. The van der Waals surface area contributed by atoms with Crippen molar-refractivity contribution >= 4 is 6.08 Å². The lowest BCUT2D eigenvalue weighted by Gasteiger charge is -2.38. The molecule has 1 aromatic heterocycles. The first-order chi connectivity index (χ1) is 15.0. The Morgan fingerprint density at radius 1 is 1.13 bits per heavy atom. The summed E-state index contributed by atoms with van der Waals surface area (Å²) in [5.74, 6) is -0.254. The van der Waals surface area contributed by atoms with Gasteiger partial charge >= 0.3 is 0 Å². The topological polar surface area (TPSA) is 36.3 Å². The Hall–Kier alpha value is -2.76. The van der Waals surface area contributed by atoms with Crippen LogP contribution in [0.1, 0.15) is 43.2 Å². The summed E-state index contributed by atoms with van der Waals surface area (Å²) in [7, 11) is 1.73. The molecule has 4 nitrogen and oxygen atoms in total. The van der Waals surface area contributed by atoms with E-state index in [-0.39, 0.29) is 17.3 Å². The standard InChI is InChI=1S/C26H29FN2O2/c1-4-31-25(19-8-6-5-7-9-19)16-26(2)15-20-17-28-29(23-12-10-22(27)11-13-23)24(20)14-21(26)18-30-3/h5-14,17,25H,4,15-16,18H2,1-3H3/t25?,26-/m1/s1. The smallest absolute Gasteiger partial charge is 0.123 e. The predicted molar refractivity (Wildman–Crippen MR) is 121 cm³/mol. The second-order valence-electron chi connectivity index (χ2n) is 8.34. The molecule has 0 radical (unpaired) electrons. The van der Waals surface area contributed by atoms with E-state index in [1.165, 1.54) is 28.8 Å². The quantitative estimate of drug-likeness (QED) is 0.464. The van der Waals surface area contributed by atoms with Gasteiger partial charge in [-0.15, -0.1) is 0 Å². The van der Waals surface area contributed by atoms with Gasteiger partial charge in [-0.05, 0) is 72.2 Å². The molecule has 1 aliphatic carbocycles. The third-order valence-corrected chi connectivity index (χ3v) is 6.10. The third-order valence-electron chi connectivity index (χ3n) is 6.10. The molecule has 3 aromatic rings. The number of methoxy groups -OCH3 is 1. The minimum atomic E-state index is -0.254. The fraction of sp³-hybridized carbons (Fsp3) is 0.346. The molecule has 0 aliphatic heterocycles. The van der Waals surface area contributed by atoms with E-state index in [0.29, 0.717) is 13.2 Å². The van der Waals surface area contributed by atoms with Gasteiger partial charge in [0.15, 0.2) is 0 Å². The largest absolute Gasteiger partial charge is 0.380 e. The molecule has 0 saturated carbocycles. The van der Waals surface area contributed by atoms with Crippen molar-refractivity contribution in [3.8, 4) is 5.69 Å². The monoisotopic (exact) mass is 420 g/mol. The molecule has 2 aromatic carbocycles. The maximum atomic E-state index is 13.4. The van der Waals surface area contributed by atoms with Crippen LogP contribution < -0.4 is 0 Å². The summed E-state index contributed by atoms with van der Waals surface area (Å²) < 4.78 is 27.0. The predicted octanol–water partition coefficient (Wildman–Crippen LogP) is 5.77. The molecule has 1 unspecified atom stereocenters. The van der Waals surface area contributed by atoms with Crippen molar-refractivity contribution in [1.82, 2.24) is 9.78 Å². The Morgan fingerprint density at radius 3 is 2.55 bits per heavy atom. The molecule has 1 aliphatic rings. The average molecular weight is 421 g/mol. The molecule has 4 rings (SSSR count). The van der Waals surface area contributed by atoms with Gasteiger partial charge in [0, 0.05) is 13.7 Å². The zero-order valence-electron chi connectivity index (χ0n) is 18.3. The highest BCUT2D eigenvalue weighted by molar-refractivity contribution is 5.61. The maximum Gasteiger partial charge on any atom is 0.123 e. The van der Waals surface area contributed by atoms with E-state index in [0.717, 1.165) is 24.2 Å². The number of aromatic nitrogens is 2. The number of ether oxygens (including phenoxy) is 2. The van der Waals surface area contributed by atoms with Gasteiger partial charge in [-0.3, -0.25) is 0 Å². The summed E-state index contributed by atoms with van der Waals surface area (Å²) in [4.78, 5) is 0. The molecule has 2 atom stereocenters. The van der Waals surface area contributed by atoms with Crippen LogP contribution in [0.15, 0.2) is 66.4 Å². The van der Waals surface area contributed by atoms with Gasteiger partial charge in [-0.2, -0.15) is 5.10 Å². The van der Waals surface area contributed by atoms with Crippen LogP contribution in [-0.4, -0.2) is 30.1 Å². The molecule has 0 fully saturated rings. The Bertz CT molecular complexity index is 1040. The second kappa shape index (κ2) is 9.16. The molecule has 0 spiro atoms. The summed E-state index contributed by atoms with van der Waals surface area (Å²) >= 11 is 0. The average Bonchev–Trinajstić information content (AvgIpc) is 3.17. The molecular weight excluding hydrogens is 391 g/mol. The second-order valence-corrected chi connectivity index (χ2v) is 8.34. The maximum absolute atomic E-state index is 13.4. The van der Waals surface area contributed by atoms with Gasteiger partial charge in [0.25, 0.3) is 0 Å². The van der Waals surface area contributed by atoms with E-state index in [1.807, 2.05) is 23.9 Å². The lowest BCUT2D eigenvalue weighted by molar-refractivity contribution is 0.0295. The van der Waals surface area contributed by atoms with Crippen LogP contribution in [0.3, 0.4) is 0 Å². The van der Waals surface area contributed by atoms with Crippen LogP contribution in [0, 0.1) is 11.2 Å². The zero-order valence-corrected chi connectivity index (χ0v) is 18.3. The SMILES string of the molecule is CCOC(C[C@@]1(C)Cc2cnn(-c3ccc(F)cc3)c2C=C1COC)c1ccccc1. The molecule has 31 heavy (non-hydrogen) atoms. The summed E-state index contributed by atoms with van der Waals surface area (Å²) in [6.07, 6.45) is 5.81. The number of halogens is 1. The van der Waals surface area contributed by atoms with E-state index in [9.17, 15) is 4.39 Å². The first-order valence-corrected chi connectivity index (χ1v) is 10.7. The van der Waals surface area contributed by atoms with Crippen molar-refractivity contribution < 1.29 is 13.9 Å². The highest BCUT2D eigenvalue weighted by Gasteiger charge is 2.37. The van der Waals surface area contributed by atoms with Crippen molar-refractivity contribution in [2.75, 3.05) is 20.3 Å². The number of rotatable bonds is 8. The number of hydrogen-bond donors (Lipinski definition) is 0. The van der Waals surface area contributed by atoms with Gasteiger partial charge in [-0.1, -0.05) is 37.3 Å². The summed E-state index contributed by atoms with van der Waals surface area (Å²) in [5, 5.41) is 4.61. The molecule has 0 amide bonds. The third kappa shape index (κ3) is 4.48.